The lowest BCUT2D eigenvalue weighted by molar-refractivity contribution is 0.897. The predicted octanol–water partition coefficient (Wildman–Crippen LogP) is 3.52. The highest BCUT2D eigenvalue weighted by molar-refractivity contribution is 5.44. The molecule has 0 saturated carbocycles. The van der Waals surface area contributed by atoms with Gasteiger partial charge in [0, 0.05) is 6.42 Å². The molecule has 0 nitrogen and oxygen atoms in total. The van der Waals surface area contributed by atoms with Gasteiger partial charge >= 0.3 is 0 Å². The molecule has 1 radical (unpaired) electrons. The largest absolute Gasteiger partial charge is 0.0803 e. The molecule has 0 spiro atoms. The van der Waals surface area contributed by atoms with E-state index in [2.05, 4.69) is 43.7 Å². The lowest BCUT2D eigenvalue weighted by Gasteiger charge is -2.15. The van der Waals surface area contributed by atoms with E-state index in [4.69, 9.17) is 0 Å². The van der Waals surface area contributed by atoms with E-state index in [1.165, 1.54) is 29.5 Å². The molecule has 1 aliphatic rings. The highest BCUT2D eigenvalue weighted by Crippen LogP contribution is 2.24. The molecule has 0 heterocycles. The van der Waals surface area contributed by atoms with Crippen LogP contribution >= 0.6 is 0 Å². The van der Waals surface area contributed by atoms with Gasteiger partial charge in [-0.2, -0.15) is 0 Å². The van der Waals surface area contributed by atoms with Crippen LogP contribution in [-0.2, 0) is 6.42 Å². The van der Waals surface area contributed by atoms with Crippen molar-refractivity contribution in [1.29, 1.82) is 0 Å². The maximum Gasteiger partial charge on any atom is 0.0157 e. The van der Waals surface area contributed by atoms with Crippen molar-refractivity contribution >= 4 is 0 Å². The summed E-state index contributed by atoms with van der Waals surface area (Å²) >= 11 is 0. The minimum atomic E-state index is 1.11. The van der Waals surface area contributed by atoms with Gasteiger partial charge in [0.2, 0.25) is 0 Å². The van der Waals surface area contributed by atoms with Crippen LogP contribution in [0, 0.1) is 6.42 Å². The van der Waals surface area contributed by atoms with Crippen LogP contribution in [-0.4, -0.2) is 0 Å². The third-order valence-corrected chi connectivity index (χ3v) is 2.52. The van der Waals surface area contributed by atoms with Gasteiger partial charge in [-0.15, -0.1) is 0 Å². The van der Waals surface area contributed by atoms with E-state index in [9.17, 15) is 0 Å². The summed E-state index contributed by atoms with van der Waals surface area (Å²) in [7, 11) is 0. The van der Waals surface area contributed by atoms with Gasteiger partial charge in [-0.25, -0.2) is 0 Å². The maximum absolute atomic E-state index is 2.35. The Kier molecular flexibility index (Phi) is 2.49. The van der Waals surface area contributed by atoms with Gasteiger partial charge in [0.15, 0.2) is 0 Å². The zero-order valence-electron chi connectivity index (χ0n) is 8.09. The average molecular weight is 171 g/mol. The molecule has 0 heteroatoms. The fourth-order valence-electron chi connectivity index (χ4n) is 1.82. The van der Waals surface area contributed by atoms with E-state index in [1.807, 2.05) is 0 Å². The Morgan fingerprint density at radius 1 is 1.23 bits per heavy atom. The Bertz CT molecular complexity index is 321. The van der Waals surface area contributed by atoms with Crippen molar-refractivity contribution in [3.8, 4) is 0 Å². The maximum atomic E-state index is 2.35. The van der Waals surface area contributed by atoms with Crippen molar-refractivity contribution < 1.29 is 0 Å². The standard InChI is InChI=1S/C13H15/c1-2-5-11-8-9-12-6-3-4-7-13(12)10-11/h3-4,6-8,10H,2,5,9H2,1H3. The molecule has 0 atom stereocenters. The lowest BCUT2D eigenvalue weighted by atomic mass is 9.90. The number of hydrogen-bond acceptors (Lipinski definition) is 0. The summed E-state index contributed by atoms with van der Waals surface area (Å²) in [5.41, 5.74) is 4.37. The lowest BCUT2D eigenvalue weighted by Crippen LogP contribution is -2.00. The van der Waals surface area contributed by atoms with E-state index < -0.39 is 0 Å². The van der Waals surface area contributed by atoms with Crippen molar-refractivity contribution in [2.45, 2.75) is 26.2 Å². The van der Waals surface area contributed by atoms with Crippen LogP contribution in [0.15, 0.2) is 35.9 Å². The van der Waals surface area contributed by atoms with Crippen molar-refractivity contribution in [3.63, 3.8) is 0 Å². The van der Waals surface area contributed by atoms with Gasteiger partial charge in [0.25, 0.3) is 0 Å². The molecule has 0 fully saturated rings. The molecule has 2 rings (SSSR count). The topological polar surface area (TPSA) is 0 Å². The molecule has 0 unspecified atom stereocenters. The first-order chi connectivity index (χ1) is 6.40. The quantitative estimate of drug-likeness (QED) is 0.638. The molecule has 1 aliphatic carbocycles. The van der Waals surface area contributed by atoms with Crippen LogP contribution in [0.2, 0.25) is 0 Å². The smallest absolute Gasteiger partial charge is 0.0157 e. The summed E-state index contributed by atoms with van der Waals surface area (Å²) in [6, 6.07) is 8.65. The summed E-state index contributed by atoms with van der Waals surface area (Å²) in [6.07, 6.45) is 8.25. The monoisotopic (exact) mass is 171 g/mol. The second kappa shape index (κ2) is 3.78. The van der Waals surface area contributed by atoms with Crippen LogP contribution in [0.25, 0.3) is 0 Å². The van der Waals surface area contributed by atoms with Crippen molar-refractivity contribution in [3.05, 3.63) is 53.5 Å². The average Bonchev–Trinajstić information content (AvgIpc) is 2.18. The van der Waals surface area contributed by atoms with E-state index in [0.717, 1.165) is 6.42 Å². The molecule has 0 bridgehead atoms. The molecule has 0 aromatic heterocycles. The second-order valence-electron chi connectivity index (χ2n) is 3.58. The minimum Gasteiger partial charge on any atom is -0.0803 e. The number of rotatable bonds is 2. The molecule has 1 aromatic carbocycles. The molecule has 13 heavy (non-hydrogen) atoms. The first-order valence-electron chi connectivity index (χ1n) is 5.02. The number of allylic oxidation sites excluding steroid dienone is 2. The van der Waals surface area contributed by atoms with Crippen LogP contribution in [0.3, 0.4) is 0 Å². The third-order valence-electron chi connectivity index (χ3n) is 2.52. The highest BCUT2D eigenvalue weighted by atomic mass is 14.1. The third kappa shape index (κ3) is 1.82. The van der Waals surface area contributed by atoms with Crippen molar-refractivity contribution in [2.24, 2.45) is 0 Å². The van der Waals surface area contributed by atoms with Gasteiger partial charge in [-0.1, -0.05) is 49.3 Å². The summed E-state index contributed by atoms with van der Waals surface area (Å²) in [5, 5.41) is 0. The fraction of sp³-hybridized carbons (Fsp3) is 0.308. The number of hydrogen-bond donors (Lipinski definition) is 0. The van der Waals surface area contributed by atoms with E-state index in [0.29, 0.717) is 0 Å². The Morgan fingerprint density at radius 2 is 2.08 bits per heavy atom. The number of benzene rings is 1. The van der Waals surface area contributed by atoms with Crippen LogP contribution in [0.1, 0.15) is 30.9 Å². The molecular formula is C13H15. The van der Waals surface area contributed by atoms with Gasteiger partial charge in [-0.05, 0) is 24.0 Å². The molecule has 0 saturated heterocycles. The molecule has 0 amide bonds. The Hall–Kier alpha value is -1.04. The van der Waals surface area contributed by atoms with E-state index in [-0.39, 0.29) is 0 Å². The van der Waals surface area contributed by atoms with E-state index in [1.54, 1.807) is 0 Å². The summed E-state index contributed by atoms with van der Waals surface area (Å²) in [4.78, 5) is 0. The predicted molar refractivity (Wildman–Crippen MR) is 56.5 cm³/mol. The van der Waals surface area contributed by atoms with Crippen LogP contribution < -0.4 is 0 Å². The first-order valence-corrected chi connectivity index (χ1v) is 5.02. The fourth-order valence-corrected chi connectivity index (χ4v) is 1.82. The van der Waals surface area contributed by atoms with Crippen LogP contribution in [0.4, 0.5) is 0 Å². The zero-order chi connectivity index (χ0) is 9.10. The Morgan fingerprint density at radius 3 is 2.92 bits per heavy atom. The zero-order valence-corrected chi connectivity index (χ0v) is 8.09. The normalized spacial score (nSPS) is 15.0. The summed E-state index contributed by atoms with van der Waals surface area (Å²) in [5.74, 6) is 0. The van der Waals surface area contributed by atoms with Crippen molar-refractivity contribution in [2.75, 3.05) is 0 Å². The van der Waals surface area contributed by atoms with Gasteiger partial charge in [0.1, 0.15) is 0 Å². The highest BCUT2D eigenvalue weighted by Gasteiger charge is 2.09. The summed E-state index contributed by atoms with van der Waals surface area (Å²) < 4.78 is 0. The minimum absolute atomic E-state index is 1.11. The van der Waals surface area contributed by atoms with Gasteiger partial charge in [0.05, 0.1) is 0 Å². The Labute approximate surface area is 80.3 Å². The molecular weight excluding hydrogens is 156 g/mol. The van der Waals surface area contributed by atoms with E-state index >= 15 is 0 Å². The SMILES string of the molecule is CCCC1=CCc2ccccc2[CH]1. The second-order valence-corrected chi connectivity index (χ2v) is 3.58. The van der Waals surface area contributed by atoms with Gasteiger partial charge in [-0.3, -0.25) is 0 Å². The summed E-state index contributed by atoms with van der Waals surface area (Å²) in [6.45, 7) is 2.23. The van der Waals surface area contributed by atoms with Crippen LogP contribution in [0.5, 0.6) is 0 Å². The molecule has 67 valence electrons. The first kappa shape index (κ1) is 8.55. The van der Waals surface area contributed by atoms with Crippen molar-refractivity contribution in [1.82, 2.24) is 0 Å². The Balaban J connectivity index is 2.18. The molecule has 0 N–H and O–H groups in total. The molecule has 1 aromatic rings. The van der Waals surface area contributed by atoms with Gasteiger partial charge < -0.3 is 0 Å². The molecule has 0 aliphatic heterocycles. The number of fused-ring (bicyclic) bond motifs is 1.